The Hall–Kier alpha value is -1.33. The van der Waals surface area contributed by atoms with Crippen LogP contribution in [0, 0.1) is 0 Å². The molecule has 0 spiro atoms. The maximum absolute atomic E-state index is 11.5. The number of halogens is 1. The van der Waals surface area contributed by atoms with E-state index >= 15 is 0 Å². The van der Waals surface area contributed by atoms with Crippen LogP contribution >= 0.6 is 22.9 Å². The first-order valence-corrected chi connectivity index (χ1v) is 6.59. The van der Waals surface area contributed by atoms with Crippen LogP contribution < -0.4 is 5.32 Å². The van der Waals surface area contributed by atoms with Gasteiger partial charge in [0.05, 0.1) is 5.69 Å². The zero-order valence-corrected chi connectivity index (χ0v) is 10.5. The Morgan fingerprint density at radius 1 is 1.65 bits per heavy atom. The largest absolute Gasteiger partial charge is 0.350 e. The van der Waals surface area contributed by atoms with Crippen molar-refractivity contribution in [3.63, 3.8) is 0 Å². The standard InChI is InChI=1S/C11H10ClN3OS/c12-10-8(15-5-6-17-11(15)14-10)3-4-9(16)13-7-1-2-7/h3-7H,1-2H2,(H,13,16). The number of carbonyl (C=O) groups is 1. The number of nitrogens with zero attached hydrogens (tertiary/aromatic N) is 2. The minimum atomic E-state index is -0.0752. The first-order chi connectivity index (χ1) is 8.24. The van der Waals surface area contributed by atoms with Gasteiger partial charge in [-0.15, -0.1) is 11.3 Å². The van der Waals surface area contributed by atoms with Crippen LogP contribution in [0.2, 0.25) is 5.15 Å². The summed E-state index contributed by atoms with van der Waals surface area (Å²) in [6.07, 6.45) is 7.26. The zero-order chi connectivity index (χ0) is 11.8. The van der Waals surface area contributed by atoms with Gasteiger partial charge in [0, 0.05) is 23.7 Å². The first kappa shape index (κ1) is 10.8. The van der Waals surface area contributed by atoms with Crippen LogP contribution in [0.15, 0.2) is 17.7 Å². The lowest BCUT2D eigenvalue weighted by atomic mass is 10.4. The second-order valence-corrected chi connectivity index (χ2v) is 5.19. The van der Waals surface area contributed by atoms with Gasteiger partial charge in [0.15, 0.2) is 10.1 Å². The fraction of sp³-hybridized carbons (Fsp3) is 0.273. The number of rotatable bonds is 3. The van der Waals surface area contributed by atoms with Crippen LogP contribution in [-0.2, 0) is 4.79 Å². The second kappa shape index (κ2) is 4.16. The van der Waals surface area contributed by atoms with Crippen molar-refractivity contribution >= 4 is 39.9 Å². The van der Waals surface area contributed by atoms with E-state index in [9.17, 15) is 4.79 Å². The number of imidazole rings is 1. The molecule has 2 aromatic rings. The molecule has 0 radical (unpaired) electrons. The van der Waals surface area contributed by atoms with Crippen molar-refractivity contribution < 1.29 is 4.79 Å². The molecule has 4 nitrogen and oxygen atoms in total. The molecule has 1 aliphatic rings. The Morgan fingerprint density at radius 2 is 2.47 bits per heavy atom. The minimum absolute atomic E-state index is 0.0752. The van der Waals surface area contributed by atoms with Crippen LogP contribution in [0.5, 0.6) is 0 Å². The molecule has 1 amide bonds. The van der Waals surface area contributed by atoms with Crippen LogP contribution in [0.3, 0.4) is 0 Å². The number of aromatic nitrogens is 2. The molecule has 2 aromatic heterocycles. The molecular weight excluding hydrogens is 258 g/mol. The van der Waals surface area contributed by atoms with E-state index in [-0.39, 0.29) is 5.91 Å². The lowest BCUT2D eigenvalue weighted by molar-refractivity contribution is -0.116. The van der Waals surface area contributed by atoms with Crippen molar-refractivity contribution in [2.24, 2.45) is 0 Å². The molecule has 6 heteroatoms. The van der Waals surface area contributed by atoms with Crippen molar-refractivity contribution in [2.45, 2.75) is 18.9 Å². The van der Waals surface area contributed by atoms with Gasteiger partial charge in [-0.05, 0) is 18.9 Å². The van der Waals surface area contributed by atoms with Crippen molar-refractivity contribution in [1.82, 2.24) is 14.7 Å². The molecule has 1 saturated carbocycles. The topological polar surface area (TPSA) is 46.4 Å². The molecule has 0 saturated heterocycles. The average Bonchev–Trinajstić information content (AvgIpc) is 2.88. The van der Waals surface area contributed by atoms with Gasteiger partial charge < -0.3 is 5.32 Å². The summed E-state index contributed by atoms with van der Waals surface area (Å²) in [4.78, 5) is 16.5. The maximum atomic E-state index is 11.5. The van der Waals surface area contributed by atoms with Crippen LogP contribution in [0.1, 0.15) is 18.5 Å². The Bertz CT molecular complexity index is 597. The Labute approximate surface area is 107 Å². The normalized spacial score (nSPS) is 15.8. The predicted octanol–water partition coefficient (Wildman–Crippen LogP) is 2.34. The minimum Gasteiger partial charge on any atom is -0.350 e. The lowest BCUT2D eigenvalue weighted by Gasteiger charge is -1.96. The highest BCUT2D eigenvalue weighted by molar-refractivity contribution is 7.15. The van der Waals surface area contributed by atoms with Crippen LogP contribution in [0.4, 0.5) is 0 Å². The maximum Gasteiger partial charge on any atom is 0.244 e. The molecular formula is C11H10ClN3OS. The monoisotopic (exact) mass is 267 g/mol. The fourth-order valence-corrected chi connectivity index (χ4v) is 2.56. The number of hydrogen-bond donors (Lipinski definition) is 1. The summed E-state index contributed by atoms with van der Waals surface area (Å²) in [5.74, 6) is -0.0752. The molecule has 1 N–H and O–H groups in total. The van der Waals surface area contributed by atoms with E-state index in [0.29, 0.717) is 11.2 Å². The van der Waals surface area contributed by atoms with E-state index in [1.807, 2.05) is 16.0 Å². The van der Waals surface area contributed by atoms with Gasteiger partial charge >= 0.3 is 0 Å². The van der Waals surface area contributed by atoms with Crippen molar-refractivity contribution in [3.05, 3.63) is 28.5 Å². The van der Waals surface area contributed by atoms with E-state index in [4.69, 9.17) is 11.6 Å². The first-order valence-electron chi connectivity index (χ1n) is 5.33. The molecule has 0 aliphatic heterocycles. The summed E-state index contributed by atoms with van der Waals surface area (Å²) >= 11 is 7.51. The SMILES string of the molecule is O=C(C=Cc1c(Cl)nc2sccn12)NC1CC1. The van der Waals surface area contributed by atoms with Gasteiger partial charge in [0.2, 0.25) is 5.91 Å². The highest BCUT2D eigenvalue weighted by Crippen LogP contribution is 2.22. The van der Waals surface area contributed by atoms with E-state index in [2.05, 4.69) is 10.3 Å². The summed E-state index contributed by atoms with van der Waals surface area (Å²) in [6, 6.07) is 0.370. The zero-order valence-electron chi connectivity index (χ0n) is 8.89. The predicted molar refractivity (Wildman–Crippen MR) is 68.3 cm³/mol. The number of hydrogen-bond acceptors (Lipinski definition) is 3. The number of fused-ring (bicyclic) bond motifs is 1. The van der Waals surface area contributed by atoms with Gasteiger partial charge in [-0.25, -0.2) is 4.98 Å². The Balaban J connectivity index is 1.82. The van der Waals surface area contributed by atoms with Gasteiger partial charge in [-0.1, -0.05) is 11.6 Å². The third-order valence-corrected chi connectivity index (χ3v) is 3.61. The highest BCUT2D eigenvalue weighted by atomic mass is 35.5. The molecule has 88 valence electrons. The highest BCUT2D eigenvalue weighted by Gasteiger charge is 2.22. The van der Waals surface area contributed by atoms with E-state index in [1.54, 1.807) is 6.08 Å². The number of nitrogens with one attached hydrogen (secondary N) is 1. The van der Waals surface area contributed by atoms with Crippen molar-refractivity contribution in [3.8, 4) is 0 Å². The Morgan fingerprint density at radius 3 is 3.24 bits per heavy atom. The van der Waals surface area contributed by atoms with E-state index < -0.39 is 0 Å². The fourth-order valence-electron chi connectivity index (χ4n) is 1.56. The van der Waals surface area contributed by atoms with Crippen LogP contribution in [0.25, 0.3) is 11.0 Å². The van der Waals surface area contributed by atoms with Gasteiger partial charge in [-0.2, -0.15) is 0 Å². The van der Waals surface area contributed by atoms with Gasteiger partial charge in [0.1, 0.15) is 0 Å². The molecule has 3 rings (SSSR count). The number of thiazole rings is 1. The van der Waals surface area contributed by atoms with Gasteiger partial charge in [-0.3, -0.25) is 9.20 Å². The summed E-state index contributed by atoms with van der Waals surface area (Å²) in [6.45, 7) is 0. The smallest absolute Gasteiger partial charge is 0.244 e. The summed E-state index contributed by atoms with van der Waals surface area (Å²) in [7, 11) is 0. The molecule has 0 bridgehead atoms. The average molecular weight is 268 g/mol. The molecule has 0 atom stereocenters. The third kappa shape index (κ3) is 2.21. The quantitative estimate of drug-likeness (QED) is 0.868. The molecule has 1 aliphatic carbocycles. The number of carbonyl (C=O) groups excluding carboxylic acids is 1. The molecule has 0 unspecified atom stereocenters. The summed E-state index contributed by atoms with van der Waals surface area (Å²) < 4.78 is 1.87. The van der Waals surface area contributed by atoms with Gasteiger partial charge in [0.25, 0.3) is 0 Å². The van der Waals surface area contributed by atoms with Crippen LogP contribution in [-0.4, -0.2) is 21.3 Å². The second-order valence-electron chi connectivity index (χ2n) is 3.96. The molecule has 2 heterocycles. The van der Waals surface area contributed by atoms with E-state index in [1.165, 1.54) is 17.4 Å². The number of amides is 1. The Kier molecular flexibility index (Phi) is 2.64. The summed E-state index contributed by atoms with van der Waals surface area (Å²) in [5.41, 5.74) is 0.744. The van der Waals surface area contributed by atoms with Crippen molar-refractivity contribution in [1.29, 1.82) is 0 Å². The third-order valence-electron chi connectivity index (χ3n) is 2.57. The molecule has 1 fully saturated rings. The lowest BCUT2D eigenvalue weighted by Crippen LogP contribution is -2.22. The van der Waals surface area contributed by atoms with E-state index in [0.717, 1.165) is 23.5 Å². The molecule has 0 aromatic carbocycles. The summed E-state index contributed by atoms with van der Waals surface area (Å²) in [5, 5.41) is 5.24. The molecule has 17 heavy (non-hydrogen) atoms. The van der Waals surface area contributed by atoms with Crippen molar-refractivity contribution in [2.75, 3.05) is 0 Å².